The van der Waals surface area contributed by atoms with Crippen LogP contribution in [0.15, 0.2) is 12.2 Å². The first kappa shape index (κ1) is 35.5. The Hall–Kier alpha value is -1.85. The minimum absolute atomic E-state index is 0.00263. The SMILES string of the molecule is C=C(C)[C@@H]1CC[C@]2(C(=O)NCCCCCCC(=O)OC)CC[C@]3(C)[C@H](CCC4[C@@]5(C)CC[C@H](OC(C)=O)C(C)(C)[C@@H]5CC[C@]43C)[C@@H]12. The Morgan fingerprint density at radius 3 is 2.17 bits per heavy atom. The first-order valence-corrected chi connectivity index (χ1v) is 18.8. The number of carbonyl (C=O) groups is 3. The number of esters is 2. The lowest BCUT2D eigenvalue weighted by Gasteiger charge is -2.72. The molecule has 0 aromatic rings. The number of methoxy groups -OCH3 is 1. The van der Waals surface area contributed by atoms with Crippen LogP contribution in [0.2, 0.25) is 0 Å². The molecule has 5 aliphatic rings. The number of ether oxygens (including phenoxy) is 2. The number of unbranched alkanes of at least 4 members (excludes halogenated alkanes) is 3. The van der Waals surface area contributed by atoms with E-state index in [0.29, 0.717) is 41.9 Å². The van der Waals surface area contributed by atoms with E-state index >= 15 is 0 Å². The van der Waals surface area contributed by atoms with Crippen molar-refractivity contribution < 1.29 is 23.9 Å². The van der Waals surface area contributed by atoms with E-state index in [0.717, 1.165) is 70.8 Å². The lowest BCUT2D eigenvalue weighted by Crippen LogP contribution is -2.67. The van der Waals surface area contributed by atoms with Gasteiger partial charge < -0.3 is 14.8 Å². The molecule has 0 saturated heterocycles. The van der Waals surface area contributed by atoms with Gasteiger partial charge in [0.25, 0.3) is 0 Å². The highest BCUT2D eigenvalue weighted by Gasteiger charge is 2.72. The zero-order chi connectivity index (χ0) is 33.7. The van der Waals surface area contributed by atoms with Crippen molar-refractivity contribution in [2.45, 2.75) is 151 Å². The van der Waals surface area contributed by atoms with Gasteiger partial charge in [-0.15, -0.1) is 0 Å². The minimum Gasteiger partial charge on any atom is -0.469 e. The Morgan fingerprint density at radius 1 is 0.783 bits per heavy atom. The quantitative estimate of drug-likeness (QED) is 0.147. The lowest BCUT2D eigenvalue weighted by atomic mass is 9.32. The molecule has 46 heavy (non-hydrogen) atoms. The smallest absolute Gasteiger partial charge is 0.305 e. The Balaban J connectivity index is 1.34. The van der Waals surface area contributed by atoms with Crippen molar-refractivity contribution in [1.82, 2.24) is 5.32 Å². The molecule has 0 aliphatic heterocycles. The summed E-state index contributed by atoms with van der Waals surface area (Å²) in [5.74, 6) is 2.50. The Morgan fingerprint density at radius 2 is 1.50 bits per heavy atom. The summed E-state index contributed by atoms with van der Waals surface area (Å²) in [5, 5.41) is 3.43. The normalized spacial score (nSPS) is 42.4. The van der Waals surface area contributed by atoms with Crippen LogP contribution in [0, 0.1) is 56.7 Å². The monoisotopic (exact) mass is 639 g/mol. The van der Waals surface area contributed by atoms with Gasteiger partial charge in [0.05, 0.1) is 12.5 Å². The molecule has 5 fully saturated rings. The third-order valence-electron chi connectivity index (χ3n) is 15.6. The van der Waals surface area contributed by atoms with Crippen LogP contribution in [0.25, 0.3) is 0 Å². The van der Waals surface area contributed by atoms with Gasteiger partial charge in [0, 0.05) is 25.3 Å². The number of amides is 1. The van der Waals surface area contributed by atoms with Crippen molar-refractivity contribution in [3.63, 3.8) is 0 Å². The fraction of sp³-hybridized carbons (Fsp3) is 0.875. The molecule has 1 amide bonds. The van der Waals surface area contributed by atoms with E-state index in [2.05, 4.69) is 53.4 Å². The molecule has 260 valence electrons. The Bertz CT molecular complexity index is 1190. The molecule has 5 aliphatic carbocycles. The summed E-state index contributed by atoms with van der Waals surface area (Å²) in [7, 11) is 1.44. The molecule has 0 radical (unpaired) electrons. The number of carbonyl (C=O) groups excluding carboxylic acids is 3. The molecule has 0 heterocycles. The molecule has 0 aromatic heterocycles. The molecule has 0 spiro atoms. The fourth-order valence-electron chi connectivity index (χ4n) is 13.1. The van der Waals surface area contributed by atoms with Crippen LogP contribution in [0.1, 0.15) is 145 Å². The highest BCUT2D eigenvalue weighted by Crippen LogP contribution is 2.77. The lowest BCUT2D eigenvalue weighted by molar-refractivity contribution is -0.248. The van der Waals surface area contributed by atoms with Crippen molar-refractivity contribution in [3.8, 4) is 0 Å². The molecule has 1 unspecified atom stereocenters. The maximum atomic E-state index is 14.3. The zero-order valence-corrected chi connectivity index (χ0v) is 30.5. The van der Waals surface area contributed by atoms with Crippen LogP contribution < -0.4 is 5.32 Å². The topological polar surface area (TPSA) is 81.7 Å². The van der Waals surface area contributed by atoms with Crippen molar-refractivity contribution >= 4 is 17.8 Å². The summed E-state index contributed by atoms with van der Waals surface area (Å²) in [6, 6.07) is 0. The van der Waals surface area contributed by atoms with Crippen LogP contribution in [0.3, 0.4) is 0 Å². The summed E-state index contributed by atoms with van der Waals surface area (Å²) in [6.45, 7) is 21.6. The number of nitrogens with one attached hydrogen (secondary N) is 1. The number of allylic oxidation sites excluding steroid dienone is 1. The van der Waals surface area contributed by atoms with Crippen LogP contribution in [0.5, 0.6) is 0 Å². The van der Waals surface area contributed by atoms with E-state index in [1.54, 1.807) is 6.92 Å². The summed E-state index contributed by atoms with van der Waals surface area (Å²) in [6.07, 6.45) is 15.4. The maximum absolute atomic E-state index is 14.3. The summed E-state index contributed by atoms with van der Waals surface area (Å²) in [4.78, 5) is 37.7. The van der Waals surface area contributed by atoms with Crippen molar-refractivity contribution in [1.29, 1.82) is 0 Å². The number of rotatable bonds is 10. The first-order valence-electron chi connectivity index (χ1n) is 18.8. The van der Waals surface area contributed by atoms with Gasteiger partial charge in [0.15, 0.2) is 0 Å². The zero-order valence-electron chi connectivity index (χ0n) is 30.5. The predicted octanol–water partition coefficient (Wildman–Crippen LogP) is 8.82. The minimum atomic E-state index is -0.285. The Labute approximate surface area is 280 Å². The third kappa shape index (κ3) is 5.57. The number of hydrogen-bond donors (Lipinski definition) is 1. The molecular weight excluding hydrogens is 574 g/mol. The predicted molar refractivity (Wildman–Crippen MR) is 183 cm³/mol. The van der Waals surface area contributed by atoms with Gasteiger partial charge in [0.2, 0.25) is 5.91 Å². The van der Waals surface area contributed by atoms with Crippen LogP contribution >= 0.6 is 0 Å². The van der Waals surface area contributed by atoms with Gasteiger partial charge in [-0.2, -0.15) is 0 Å². The van der Waals surface area contributed by atoms with Crippen molar-refractivity contribution in [2.75, 3.05) is 13.7 Å². The van der Waals surface area contributed by atoms with E-state index in [1.807, 2.05) is 0 Å². The number of fused-ring (bicyclic) bond motifs is 7. The third-order valence-corrected chi connectivity index (χ3v) is 15.6. The molecule has 6 nitrogen and oxygen atoms in total. The molecule has 10 atom stereocenters. The second-order valence-corrected chi connectivity index (χ2v) is 17.8. The van der Waals surface area contributed by atoms with Gasteiger partial charge in [-0.25, -0.2) is 0 Å². The molecule has 5 saturated carbocycles. The van der Waals surface area contributed by atoms with E-state index in [4.69, 9.17) is 9.47 Å². The Kier molecular flexibility index (Phi) is 9.93. The second kappa shape index (κ2) is 12.9. The van der Waals surface area contributed by atoms with E-state index in [9.17, 15) is 14.4 Å². The van der Waals surface area contributed by atoms with Gasteiger partial charge >= 0.3 is 11.9 Å². The summed E-state index contributed by atoms with van der Waals surface area (Å²) >= 11 is 0. The van der Waals surface area contributed by atoms with Crippen LogP contribution in [-0.2, 0) is 23.9 Å². The maximum Gasteiger partial charge on any atom is 0.305 e. The van der Waals surface area contributed by atoms with Gasteiger partial charge in [-0.05, 0) is 130 Å². The molecular formula is C40H65NO5. The van der Waals surface area contributed by atoms with Crippen molar-refractivity contribution in [2.24, 2.45) is 56.7 Å². The standard InChI is InChI=1S/C40H65NO5/c1-26(2)28-17-22-40(35(44)41-25-13-11-10-12-14-33(43)45-9)24-23-38(7)29(34(28)40)15-16-31-37(6)20-19-32(46-27(3)42)36(4,5)30(37)18-21-39(31,38)8/h28-32,34H,1,10-25H2,2-9H3,(H,41,44)/t28-,29+,30-,31?,32-,34+,37-,38+,39+,40-/m0/s1. The fourth-order valence-corrected chi connectivity index (χ4v) is 13.1. The molecule has 0 aromatic carbocycles. The average Bonchev–Trinajstić information content (AvgIpc) is 3.39. The molecule has 0 bridgehead atoms. The van der Waals surface area contributed by atoms with Crippen molar-refractivity contribution in [3.05, 3.63) is 12.2 Å². The molecule has 6 heteroatoms. The van der Waals surface area contributed by atoms with E-state index < -0.39 is 0 Å². The first-order chi connectivity index (χ1) is 21.6. The highest BCUT2D eigenvalue weighted by molar-refractivity contribution is 5.84. The van der Waals surface area contributed by atoms with Gasteiger partial charge in [-0.3, -0.25) is 14.4 Å². The van der Waals surface area contributed by atoms with Gasteiger partial charge in [0.1, 0.15) is 6.10 Å². The second-order valence-electron chi connectivity index (χ2n) is 17.8. The number of hydrogen-bond acceptors (Lipinski definition) is 5. The van der Waals surface area contributed by atoms with Gasteiger partial charge in [-0.1, -0.05) is 59.6 Å². The summed E-state index contributed by atoms with van der Waals surface area (Å²) < 4.78 is 10.7. The summed E-state index contributed by atoms with van der Waals surface area (Å²) in [5.41, 5.74) is 1.59. The van der Waals surface area contributed by atoms with Crippen LogP contribution in [-0.4, -0.2) is 37.6 Å². The molecule has 5 rings (SSSR count). The van der Waals surface area contributed by atoms with E-state index in [-0.39, 0.29) is 45.1 Å². The largest absolute Gasteiger partial charge is 0.469 e. The van der Waals surface area contributed by atoms with E-state index in [1.165, 1.54) is 38.4 Å². The highest BCUT2D eigenvalue weighted by atomic mass is 16.5. The molecule has 1 N–H and O–H groups in total. The van der Waals surface area contributed by atoms with Crippen LogP contribution in [0.4, 0.5) is 0 Å². The average molecular weight is 640 g/mol.